The summed E-state index contributed by atoms with van der Waals surface area (Å²) < 4.78 is 8.69. The van der Waals surface area contributed by atoms with Gasteiger partial charge < -0.3 is 14.5 Å². The molecule has 0 unspecified atom stereocenters. The molecule has 0 radical (unpaired) electrons. The molecule has 2 aromatic heterocycles. The maximum Gasteiger partial charge on any atom is 0.137 e. The van der Waals surface area contributed by atoms with Gasteiger partial charge in [0.1, 0.15) is 17.3 Å². The van der Waals surface area contributed by atoms with E-state index in [1.165, 1.54) is 32.9 Å². The number of ether oxygens (including phenoxy) is 1. The molecular weight excluding hydrogens is 492 g/mol. The smallest absolute Gasteiger partial charge is 0.137 e. The van der Waals surface area contributed by atoms with Crippen LogP contribution in [-0.4, -0.2) is 23.3 Å². The van der Waals surface area contributed by atoms with E-state index < -0.39 is 0 Å². The van der Waals surface area contributed by atoms with Crippen LogP contribution in [0.15, 0.2) is 128 Å². The van der Waals surface area contributed by atoms with Crippen molar-refractivity contribution in [3.05, 3.63) is 128 Å². The Labute approximate surface area is 232 Å². The van der Waals surface area contributed by atoms with Crippen LogP contribution in [-0.2, 0) is 0 Å². The molecule has 0 aliphatic carbocycles. The minimum absolute atomic E-state index is 0.781. The summed E-state index contributed by atoms with van der Waals surface area (Å²) in [6.45, 7) is 0.781. The largest absolute Gasteiger partial charge is 0.457 e. The molecule has 7 aromatic rings. The van der Waals surface area contributed by atoms with E-state index in [1.807, 2.05) is 30.5 Å². The minimum atomic E-state index is 0.781. The Bertz CT molecular complexity index is 2050. The molecule has 1 aliphatic heterocycles. The summed E-state index contributed by atoms with van der Waals surface area (Å²) in [5.41, 5.74) is 5.76. The lowest BCUT2D eigenvalue weighted by molar-refractivity contribution is 0.483. The fourth-order valence-corrected chi connectivity index (χ4v) is 6.04. The molecule has 0 amide bonds. The predicted molar refractivity (Wildman–Crippen MR) is 164 cm³/mol. The number of fused-ring (bicyclic) bond motifs is 6. The minimum Gasteiger partial charge on any atom is -0.457 e. The molecule has 3 heterocycles. The van der Waals surface area contributed by atoms with Gasteiger partial charge in [0.05, 0.1) is 29.1 Å². The highest BCUT2D eigenvalue weighted by Gasteiger charge is 2.26. The molecule has 0 bridgehead atoms. The van der Waals surface area contributed by atoms with Gasteiger partial charge in [-0.2, -0.15) is 0 Å². The van der Waals surface area contributed by atoms with E-state index >= 15 is 0 Å². The van der Waals surface area contributed by atoms with E-state index in [9.17, 15) is 0 Å². The summed E-state index contributed by atoms with van der Waals surface area (Å²) in [7, 11) is 2.15. The number of anilines is 3. The molecule has 8 rings (SSSR count). The van der Waals surface area contributed by atoms with E-state index in [-0.39, 0.29) is 0 Å². The Morgan fingerprint density at radius 1 is 0.650 bits per heavy atom. The lowest BCUT2D eigenvalue weighted by Gasteiger charge is -2.20. The monoisotopic (exact) mass is 518 g/mol. The van der Waals surface area contributed by atoms with Crippen LogP contribution in [0.3, 0.4) is 0 Å². The van der Waals surface area contributed by atoms with Crippen molar-refractivity contribution >= 4 is 49.6 Å². The number of pyridine rings is 1. The number of hydrogen-bond acceptors (Lipinski definition) is 4. The Morgan fingerprint density at radius 3 is 2.35 bits per heavy atom. The molecule has 40 heavy (non-hydrogen) atoms. The number of benzene rings is 5. The molecule has 1 aliphatic rings. The van der Waals surface area contributed by atoms with Crippen molar-refractivity contribution < 1.29 is 4.74 Å². The molecule has 5 heteroatoms. The summed E-state index contributed by atoms with van der Waals surface area (Å²) in [5, 5.41) is 4.90. The van der Waals surface area contributed by atoms with Gasteiger partial charge in [0.25, 0.3) is 0 Å². The first-order valence-electron chi connectivity index (χ1n) is 13.5. The van der Waals surface area contributed by atoms with Crippen LogP contribution in [0.25, 0.3) is 38.4 Å². The molecule has 0 saturated carbocycles. The summed E-state index contributed by atoms with van der Waals surface area (Å²) in [6.07, 6.45) is 1.83. The second kappa shape index (κ2) is 8.89. The van der Waals surface area contributed by atoms with E-state index in [0.29, 0.717) is 0 Å². The third-order valence-corrected chi connectivity index (χ3v) is 7.79. The quantitative estimate of drug-likeness (QED) is 0.233. The number of para-hydroxylation sites is 1. The molecular formula is C35H26N4O. The second-order valence-electron chi connectivity index (χ2n) is 10.2. The zero-order valence-electron chi connectivity index (χ0n) is 22.0. The highest BCUT2D eigenvalue weighted by molar-refractivity contribution is 6.09. The lowest BCUT2D eigenvalue weighted by Crippen LogP contribution is -2.23. The third-order valence-electron chi connectivity index (χ3n) is 7.79. The molecule has 5 aromatic carbocycles. The van der Waals surface area contributed by atoms with Crippen molar-refractivity contribution in [2.24, 2.45) is 0 Å². The van der Waals surface area contributed by atoms with Crippen LogP contribution in [0.1, 0.15) is 0 Å². The molecule has 0 saturated heterocycles. The first-order chi connectivity index (χ1) is 19.7. The van der Waals surface area contributed by atoms with Crippen molar-refractivity contribution in [2.75, 3.05) is 23.5 Å². The van der Waals surface area contributed by atoms with Crippen LogP contribution in [0.5, 0.6) is 11.5 Å². The van der Waals surface area contributed by atoms with Crippen LogP contribution in [0.2, 0.25) is 0 Å². The van der Waals surface area contributed by atoms with Gasteiger partial charge in [-0.1, -0.05) is 60.7 Å². The topological polar surface area (TPSA) is 33.5 Å². The van der Waals surface area contributed by atoms with Crippen molar-refractivity contribution in [1.29, 1.82) is 0 Å². The number of nitrogens with zero attached hydrogens (tertiary/aromatic N) is 4. The van der Waals surface area contributed by atoms with Gasteiger partial charge in [0.15, 0.2) is 0 Å². The van der Waals surface area contributed by atoms with Gasteiger partial charge >= 0.3 is 0 Å². The Balaban J connectivity index is 1.18. The summed E-state index contributed by atoms with van der Waals surface area (Å²) >= 11 is 0. The predicted octanol–water partition coefficient (Wildman–Crippen LogP) is 8.67. The normalized spacial score (nSPS) is 12.9. The van der Waals surface area contributed by atoms with Crippen LogP contribution < -0.4 is 14.5 Å². The highest BCUT2D eigenvalue weighted by Crippen LogP contribution is 2.45. The fourth-order valence-electron chi connectivity index (χ4n) is 6.04. The summed E-state index contributed by atoms with van der Waals surface area (Å²) in [5.74, 6) is 2.47. The maximum absolute atomic E-state index is 6.48. The zero-order valence-corrected chi connectivity index (χ0v) is 22.0. The number of hydrogen-bond donors (Lipinski definition) is 0. The van der Waals surface area contributed by atoms with Crippen molar-refractivity contribution in [3.63, 3.8) is 0 Å². The summed E-state index contributed by atoms with van der Waals surface area (Å²) in [6, 6.07) is 42.1. The first kappa shape index (κ1) is 22.7. The van der Waals surface area contributed by atoms with Crippen LogP contribution in [0.4, 0.5) is 17.1 Å². The Morgan fingerprint density at radius 2 is 1.45 bits per heavy atom. The SMILES string of the molecule is CN1CN(c2cccc(Oc3ccc4c5ccccc5n(-c5ccccn5)c4c3)c2)c2ccc3ccccc3c21. The van der Waals surface area contributed by atoms with Crippen molar-refractivity contribution in [2.45, 2.75) is 0 Å². The Hall–Kier alpha value is -5.29. The van der Waals surface area contributed by atoms with Crippen molar-refractivity contribution in [3.8, 4) is 17.3 Å². The molecule has 0 N–H and O–H groups in total. The fraction of sp³-hybridized carbons (Fsp3) is 0.0571. The first-order valence-corrected chi connectivity index (χ1v) is 13.5. The van der Waals surface area contributed by atoms with E-state index in [4.69, 9.17) is 4.74 Å². The molecule has 192 valence electrons. The van der Waals surface area contributed by atoms with Gasteiger partial charge in [0.2, 0.25) is 0 Å². The van der Waals surface area contributed by atoms with Crippen molar-refractivity contribution in [1.82, 2.24) is 9.55 Å². The lowest BCUT2D eigenvalue weighted by atomic mass is 10.1. The van der Waals surface area contributed by atoms with Crippen LogP contribution >= 0.6 is 0 Å². The molecule has 0 fully saturated rings. The second-order valence-corrected chi connectivity index (χ2v) is 10.2. The maximum atomic E-state index is 6.48. The highest BCUT2D eigenvalue weighted by atomic mass is 16.5. The third kappa shape index (κ3) is 3.52. The number of rotatable bonds is 4. The summed E-state index contributed by atoms with van der Waals surface area (Å²) in [4.78, 5) is 9.31. The van der Waals surface area contributed by atoms with Gasteiger partial charge in [-0.15, -0.1) is 0 Å². The van der Waals surface area contributed by atoms with Gasteiger partial charge in [0, 0.05) is 47.2 Å². The average molecular weight is 519 g/mol. The number of aromatic nitrogens is 2. The van der Waals surface area contributed by atoms with E-state index in [1.54, 1.807) is 0 Å². The van der Waals surface area contributed by atoms with E-state index in [0.717, 1.165) is 40.7 Å². The zero-order chi connectivity index (χ0) is 26.6. The van der Waals surface area contributed by atoms with Crippen LogP contribution in [0, 0.1) is 0 Å². The van der Waals surface area contributed by atoms with Gasteiger partial charge in [-0.05, 0) is 53.9 Å². The molecule has 0 spiro atoms. The Kier molecular flexibility index (Phi) is 5.04. The standard InChI is InChI=1S/C35H26N4O/c1-37-23-38(32-19-16-24-9-2-3-12-28(24)35(32)37)25-10-8-11-26(21-25)40-27-17-18-30-29-13-4-5-14-31(29)39(33(30)22-27)34-15-6-7-20-36-34/h2-22H,23H2,1H3. The molecule has 0 atom stereocenters. The average Bonchev–Trinajstić information content (AvgIpc) is 3.52. The van der Waals surface area contributed by atoms with Gasteiger partial charge in [-0.3, -0.25) is 4.57 Å². The molecule has 5 nitrogen and oxygen atoms in total. The van der Waals surface area contributed by atoms with E-state index in [2.05, 4.69) is 123 Å². The van der Waals surface area contributed by atoms with Gasteiger partial charge in [-0.25, -0.2) is 4.98 Å².